The number of carbonyl (C=O) groups is 1. The molecule has 28 heavy (non-hydrogen) atoms. The van der Waals surface area contributed by atoms with Crippen molar-refractivity contribution in [2.24, 2.45) is 0 Å². The van der Waals surface area contributed by atoms with Crippen LogP contribution in [-0.4, -0.2) is 10.8 Å². The minimum Gasteiger partial charge on any atom is -0.292 e. The lowest BCUT2D eigenvalue weighted by Gasteiger charge is -2.17. The molecule has 4 rings (SSSR count). The zero-order chi connectivity index (χ0) is 19.8. The minimum atomic E-state index is -0.303. The molecule has 2 aromatic carbocycles. The van der Waals surface area contributed by atoms with E-state index in [1.807, 2.05) is 25.1 Å². The maximum atomic E-state index is 14.7. The molecular formula is C24H20FNOS. The van der Waals surface area contributed by atoms with E-state index in [2.05, 4.69) is 30.3 Å². The predicted octanol–water partition coefficient (Wildman–Crippen LogP) is 6.98. The minimum absolute atomic E-state index is 0.0443. The maximum absolute atomic E-state index is 14.7. The lowest BCUT2D eigenvalue weighted by molar-refractivity contribution is 0.0984. The highest BCUT2D eigenvalue weighted by Crippen LogP contribution is 2.40. The number of halogens is 1. The van der Waals surface area contributed by atoms with E-state index in [1.165, 1.54) is 10.9 Å². The third-order valence-electron chi connectivity index (χ3n) is 5.08. The predicted molar refractivity (Wildman–Crippen MR) is 115 cm³/mol. The molecule has 2 aromatic heterocycles. The van der Waals surface area contributed by atoms with Gasteiger partial charge in [-0.15, -0.1) is 11.3 Å². The van der Waals surface area contributed by atoms with E-state index < -0.39 is 0 Å². The van der Waals surface area contributed by atoms with E-state index in [-0.39, 0.29) is 11.6 Å². The molecule has 0 aliphatic heterocycles. The summed E-state index contributed by atoms with van der Waals surface area (Å²) in [5.74, 6) is -0.348. The van der Waals surface area contributed by atoms with Gasteiger partial charge in [-0.25, -0.2) is 9.37 Å². The maximum Gasteiger partial charge on any atom is 0.180 e. The van der Waals surface area contributed by atoms with Gasteiger partial charge in [0.05, 0.1) is 5.52 Å². The van der Waals surface area contributed by atoms with Crippen molar-refractivity contribution in [3.05, 3.63) is 76.5 Å². The van der Waals surface area contributed by atoms with Crippen LogP contribution in [0.1, 0.15) is 35.0 Å². The van der Waals surface area contributed by atoms with Crippen molar-refractivity contribution >= 4 is 28.0 Å². The Morgan fingerprint density at radius 3 is 2.54 bits per heavy atom. The van der Waals surface area contributed by atoms with Gasteiger partial charge in [-0.2, -0.15) is 0 Å². The van der Waals surface area contributed by atoms with Crippen molar-refractivity contribution < 1.29 is 9.18 Å². The monoisotopic (exact) mass is 389 g/mol. The number of aryl methyl sites for hydroxylation is 2. The second-order valence-electron chi connectivity index (χ2n) is 6.88. The highest BCUT2D eigenvalue weighted by Gasteiger charge is 2.19. The van der Waals surface area contributed by atoms with Gasteiger partial charge in [0.25, 0.3) is 0 Å². The fraction of sp³-hybridized carbons (Fsp3) is 0.167. The Bertz CT molecular complexity index is 1200. The number of rotatable bonds is 4. The van der Waals surface area contributed by atoms with Crippen molar-refractivity contribution in [2.45, 2.75) is 27.2 Å². The Kier molecular flexibility index (Phi) is 4.82. The molecule has 0 fully saturated rings. The number of benzene rings is 2. The van der Waals surface area contributed by atoms with Gasteiger partial charge >= 0.3 is 0 Å². The van der Waals surface area contributed by atoms with E-state index in [1.54, 1.807) is 29.5 Å². The second-order valence-corrected chi connectivity index (χ2v) is 7.82. The van der Waals surface area contributed by atoms with Crippen LogP contribution in [0.2, 0.25) is 0 Å². The molecule has 0 spiro atoms. The standard InChI is InChI=1S/C24H20FNOS/c1-4-21(27)19-13-17(16-8-5-6-9-18(16)25)24-15(3)23(22-10-7-11-28-22)14(2)12-20(24)26-19/h5-13H,4H2,1-3H3. The van der Waals surface area contributed by atoms with Gasteiger partial charge in [0, 0.05) is 22.2 Å². The number of fused-ring (bicyclic) bond motifs is 1. The Morgan fingerprint density at radius 2 is 1.86 bits per heavy atom. The van der Waals surface area contributed by atoms with Gasteiger partial charge < -0.3 is 0 Å². The largest absolute Gasteiger partial charge is 0.292 e. The number of thiophene rings is 1. The molecular weight excluding hydrogens is 369 g/mol. The molecule has 4 aromatic rings. The topological polar surface area (TPSA) is 30.0 Å². The number of hydrogen-bond donors (Lipinski definition) is 0. The number of nitrogens with zero attached hydrogens (tertiary/aromatic N) is 1. The first-order valence-electron chi connectivity index (χ1n) is 9.28. The molecule has 0 amide bonds. The Morgan fingerprint density at radius 1 is 1.07 bits per heavy atom. The van der Waals surface area contributed by atoms with Gasteiger partial charge in [0.15, 0.2) is 5.78 Å². The fourth-order valence-electron chi connectivity index (χ4n) is 3.78. The lowest BCUT2D eigenvalue weighted by atomic mass is 9.90. The van der Waals surface area contributed by atoms with Crippen LogP contribution in [0.5, 0.6) is 0 Å². The second kappa shape index (κ2) is 7.28. The summed E-state index contributed by atoms with van der Waals surface area (Å²) in [5.41, 5.74) is 5.62. The van der Waals surface area contributed by atoms with Crippen LogP contribution in [-0.2, 0) is 0 Å². The Balaban J connectivity index is 2.14. The third-order valence-corrected chi connectivity index (χ3v) is 5.97. The molecule has 0 bridgehead atoms. The van der Waals surface area contributed by atoms with Gasteiger partial charge in [0.1, 0.15) is 11.5 Å². The van der Waals surface area contributed by atoms with E-state index in [0.717, 1.165) is 33.2 Å². The van der Waals surface area contributed by atoms with E-state index >= 15 is 0 Å². The summed E-state index contributed by atoms with van der Waals surface area (Å²) in [4.78, 5) is 18.2. The van der Waals surface area contributed by atoms with E-state index in [0.29, 0.717) is 17.7 Å². The van der Waals surface area contributed by atoms with Gasteiger partial charge in [-0.1, -0.05) is 31.2 Å². The van der Waals surface area contributed by atoms with Gasteiger partial charge in [0.2, 0.25) is 0 Å². The molecule has 0 saturated heterocycles. The van der Waals surface area contributed by atoms with Crippen LogP contribution in [0.15, 0.2) is 53.9 Å². The van der Waals surface area contributed by atoms with Crippen molar-refractivity contribution in [2.75, 3.05) is 0 Å². The summed E-state index contributed by atoms with van der Waals surface area (Å²) in [5, 5.41) is 2.95. The van der Waals surface area contributed by atoms with Crippen molar-refractivity contribution in [1.82, 2.24) is 4.98 Å². The highest BCUT2D eigenvalue weighted by molar-refractivity contribution is 7.13. The zero-order valence-electron chi connectivity index (χ0n) is 16.0. The molecule has 140 valence electrons. The van der Waals surface area contributed by atoms with Crippen LogP contribution in [0, 0.1) is 19.7 Å². The summed E-state index contributed by atoms with van der Waals surface area (Å²) in [6, 6.07) is 14.6. The highest BCUT2D eigenvalue weighted by atomic mass is 32.1. The zero-order valence-corrected chi connectivity index (χ0v) is 16.9. The first-order chi connectivity index (χ1) is 13.5. The molecule has 0 unspecified atom stereocenters. The first kappa shape index (κ1) is 18.5. The molecule has 2 nitrogen and oxygen atoms in total. The van der Waals surface area contributed by atoms with Crippen LogP contribution in [0.4, 0.5) is 4.39 Å². The number of Topliss-reactive ketones (excluding diaryl/α,β-unsaturated/α-hetero) is 1. The molecule has 0 aliphatic carbocycles. The fourth-order valence-corrected chi connectivity index (χ4v) is 4.67. The van der Waals surface area contributed by atoms with Gasteiger partial charge in [-0.3, -0.25) is 4.79 Å². The van der Waals surface area contributed by atoms with Crippen molar-refractivity contribution in [3.63, 3.8) is 0 Å². The third kappa shape index (κ3) is 3.04. The molecule has 0 radical (unpaired) electrons. The summed E-state index contributed by atoms with van der Waals surface area (Å²) in [7, 11) is 0. The Labute approximate surface area is 167 Å². The van der Waals surface area contributed by atoms with Crippen LogP contribution >= 0.6 is 11.3 Å². The van der Waals surface area contributed by atoms with Gasteiger partial charge in [-0.05, 0) is 65.7 Å². The lowest BCUT2D eigenvalue weighted by Crippen LogP contribution is -2.03. The number of pyridine rings is 1. The molecule has 0 aliphatic rings. The van der Waals surface area contributed by atoms with Crippen LogP contribution < -0.4 is 0 Å². The smallest absolute Gasteiger partial charge is 0.180 e. The van der Waals surface area contributed by atoms with Crippen molar-refractivity contribution in [3.8, 4) is 21.6 Å². The van der Waals surface area contributed by atoms with Crippen molar-refractivity contribution in [1.29, 1.82) is 0 Å². The summed E-state index contributed by atoms with van der Waals surface area (Å²) >= 11 is 1.68. The van der Waals surface area contributed by atoms with E-state index in [9.17, 15) is 9.18 Å². The molecule has 0 N–H and O–H groups in total. The molecule has 4 heteroatoms. The number of carbonyl (C=O) groups excluding carboxylic acids is 1. The number of hydrogen-bond acceptors (Lipinski definition) is 3. The number of ketones is 1. The summed E-state index contributed by atoms with van der Waals surface area (Å²) < 4.78 is 14.7. The molecule has 2 heterocycles. The first-order valence-corrected chi connectivity index (χ1v) is 10.2. The van der Waals surface area contributed by atoms with Crippen LogP contribution in [0.25, 0.3) is 32.5 Å². The SMILES string of the molecule is CCC(=O)c1cc(-c2ccccc2F)c2c(C)c(-c3cccs3)c(C)cc2n1. The summed E-state index contributed by atoms with van der Waals surface area (Å²) in [6.07, 6.45) is 0.362. The quantitative estimate of drug-likeness (QED) is 0.352. The average Bonchev–Trinajstić information content (AvgIpc) is 3.21. The summed E-state index contributed by atoms with van der Waals surface area (Å²) in [6.45, 7) is 5.92. The van der Waals surface area contributed by atoms with E-state index in [4.69, 9.17) is 0 Å². The Hall–Kier alpha value is -2.85. The number of aromatic nitrogens is 1. The van der Waals surface area contributed by atoms with Crippen LogP contribution in [0.3, 0.4) is 0 Å². The molecule has 0 saturated carbocycles. The normalized spacial score (nSPS) is 11.1. The molecule has 0 atom stereocenters. The average molecular weight is 389 g/mol.